The lowest BCUT2D eigenvalue weighted by Crippen LogP contribution is -2.62. The zero-order valence-electron chi connectivity index (χ0n) is 34.2. The molecule has 0 bridgehead atoms. The van der Waals surface area contributed by atoms with Gasteiger partial charge < -0.3 is 40.3 Å². The van der Waals surface area contributed by atoms with Gasteiger partial charge in [-0.05, 0) is 92.7 Å². The van der Waals surface area contributed by atoms with E-state index in [0.717, 1.165) is 36.3 Å². The zero-order valence-corrected chi connectivity index (χ0v) is 34.2. The van der Waals surface area contributed by atoms with Crippen molar-refractivity contribution in [1.29, 1.82) is 0 Å². The second-order valence-electron chi connectivity index (χ2n) is 16.9. The van der Waals surface area contributed by atoms with E-state index in [9.17, 15) is 42.3 Å². The molecule has 0 aromatic heterocycles. The molecule has 322 valence electrons. The predicted octanol–water partition coefficient (Wildman–Crippen LogP) is 1.38. The van der Waals surface area contributed by atoms with Gasteiger partial charge in [-0.3, -0.25) is 28.8 Å². The van der Waals surface area contributed by atoms with Gasteiger partial charge in [-0.15, -0.1) is 0 Å². The molecule has 5 aliphatic heterocycles. The summed E-state index contributed by atoms with van der Waals surface area (Å²) < 4.78 is 34.5. The van der Waals surface area contributed by atoms with Crippen molar-refractivity contribution in [3.05, 3.63) is 64.7 Å². The van der Waals surface area contributed by atoms with E-state index in [1.54, 1.807) is 0 Å². The maximum absolute atomic E-state index is 14.6. The number of benzene rings is 2. The van der Waals surface area contributed by atoms with Crippen molar-refractivity contribution in [2.24, 2.45) is 5.92 Å². The highest BCUT2D eigenvalue weighted by Crippen LogP contribution is 2.29. The summed E-state index contributed by atoms with van der Waals surface area (Å²) in [5.41, 5.74) is 2.89. The summed E-state index contributed by atoms with van der Waals surface area (Å²) in [6, 6.07) is 1.50. The molecule has 0 aliphatic carbocycles. The predicted molar refractivity (Wildman–Crippen MR) is 213 cm³/mol. The standard InChI is InChI=1S/C43H53F2N7O8/c1-24-15-36-43(59)60-23-32(41(57)51-13-6-8-35(51)42(58)50-12-5-4-7-34(50)39(55)46-25(2)40(56)52(36)22-24)48-38(54)31(19-27-17-29(44)21-30(45)18-27)47-37(53)20-26-9-10-33-28(16-26)11-14-49(33)3/h9-10,16-18,21,24-25,31-32,34-36H,4-8,11-15,19-20,22-23H2,1-3H3,(H,46,55)(H,47,53)(H,48,54)/t24-,25-,31-,32-,34-,35-,36-/m0/s1. The van der Waals surface area contributed by atoms with Gasteiger partial charge in [0.05, 0.1) is 6.42 Å². The van der Waals surface area contributed by atoms with Gasteiger partial charge in [0.1, 0.15) is 54.5 Å². The molecule has 7 atom stereocenters. The van der Waals surface area contributed by atoms with Crippen LogP contribution in [0.1, 0.15) is 69.1 Å². The van der Waals surface area contributed by atoms with Gasteiger partial charge >= 0.3 is 5.97 Å². The third kappa shape index (κ3) is 9.24. The Balaban J connectivity index is 1.18. The van der Waals surface area contributed by atoms with E-state index in [0.29, 0.717) is 37.3 Å². The lowest BCUT2D eigenvalue weighted by molar-refractivity contribution is -0.158. The Hall–Kier alpha value is -5.61. The van der Waals surface area contributed by atoms with Crippen molar-refractivity contribution in [2.45, 2.75) is 108 Å². The quantitative estimate of drug-likeness (QED) is 0.348. The first-order chi connectivity index (χ1) is 28.7. The summed E-state index contributed by atoms with van der Waals surface area (Å²) in [5.74, 6) is -6.34. The van der Waals surface area contributed by atoms with E-state index in [-0.39, 0.29) is 56.8 Å². The van der Waals surface area contributed by atoms with Crippen LogP contribution in [-0.4, -0.2) is 132 Å². The number of amides is 6. The highest BCUT2D eigenvalue weighted by Gasteiger charge is 2.46. The van der Waals surface area contributed by atoms with Gasteiger partial charge in [-0.25, -0.2) is 13.6 Å². The molecular weight excluding hydrogens is 781 g/mol. The number of ether oxygens (including phenoxy) is 1. The highest BCUT2D eigenvalue weighted by molar-refractivity contribution is 5.98. The van der Waals surface area contributed by atoms with Crippen LogP contribution in [0.25, 0.3) is 0 Å². The van der Waals surface area contributed by atoms with Gasteiger partial charge in [0.2, 0.25) is 35.4 Å². The smallest absolute Gasteiger partial charge is 0.328 e. The lowest BCUT2D eigenvalue weighted by atomic mass is 9.99. The molecule has 2 aromatic carbocycles. The molecule has 0 unspecified atom stereocenters. The van der Waals surface area contributed by atoms with Crippen LogP contribution < -0.4 is 20.9 Å². The first-order valence-corrected chi connectivity index (χ1v) is 20.9. The summed E-state index contributed by atoms with van der Waals surface area (Å²) in [6.45, 7) is 4.18. The number of esters is 1. The first kappa shape index (κ1) is 42.5. The van der Waals surface area contributed by atoms with Crippen molar-refractivity contribution in [3.63, 3.8) is 0 Å². The van der Waals surface area contributed by atoms with Crippen molar-refractivity contribution >= 4 is 47.1 Å². The molecule has 2 aromatic rings. The van der Waals surface area contributed by atoms with E-state index in [1.807, 2.05) is 32.2 Å². The minimum atomic E-state index is -1.57. The maximum atomic E-state index is 14.6. The second-order valence-corrected chi connectivity index (χ2v) is 16.9. The number of fused-ring (bicyclic) bond motifs is 4. The molecule has 3 N–H and O–H groups in total. The number of nitrogens with one attached hydrogen (secondary N) is 3. The van der Waals surface area contributed by atoms with Crippen molar-refractivity contribution in [1.82, 2.24) is 30.7 Å². The van der Waals surface area contributed by atoms with Crippen LogP contribution in [-0.2, 0) is 57.6 Å². The molecule has 5 heterocycles. The molecule has 60 heavy (non-hydrogen) atoms. The SMILES string of the molecule is C[C@H]1C[C@H]2C(=O)OC[C@H](NC(=O)[C@H](Cc3cc(F)cc(F)c3)NC(=O)Cc3ccc4c(c3)CCN4C)C(=O)N3CCC[C@H]3C(=O)N3CCCC[C@H]3C(=O)N[C@@H](C)C(=O)N2C1. The Morgan fingerprint density at radius 3 is 2.32 bits per heavy atom. The number of carbonyl (C=O) groups excluding carboxylic acids is 7. The fraction of sp³-hybridized carbons (Fsp3) is 0.558. The summed E-state index contributed by atoms with van der Waals surface area (Å²) >= 11 is 0. The monoisotopic (exact) mass is 833 g/mol. The molecule has 15 nitrogen and oxygen atoms in total. The summed E-state index contributed by atoms with van der Waals surface area (Å²) in [4.78, 5) is 104. The highest BCUT2D eigenvalue weighted by atomic mass is 19.1. The number of likely N-dealkylation sites (N-methyl/N-ethyl adjacent to an activating group) is 1. The van der Waals surface area contributed by atoms with Gasteiger partial charge in [-0.1, -0.05) is 19.1 Å². The number of hydrogen-bond acceptors (Lipinski definition) is 9. The summed E-state index contributed by atoms with van der Waals surface area (Å²) in [5, 5.41) is 8.10. The molecule has 6 amide bonds. The molecule has 17 heteroatoms. The van der Waals surface area contributed by atoms with Crippen molar-refractivity contribution in [3.8, 4) is 0 Å². The van der Waals surface area contributed by atoms with Crippen molar-refractivity contribution in [2.75, 3.05) is 44.7 Å². The van der Waals surface area contributed by atoms with Crippen molar-refractivity contribution < 1.29 is 47.1 Å². The Bertz CT molecular complexity index is 2030. The lowest BCUT2D eigenvalue weighted by Gasteiger charge is -2.39. The average molecular weight is 834 g/mol. The number of rotatable bonds is 7. The fourth-order valence-corrected chi connectivity index (χ4v) is 9.32. The second kappa shape index (κ2) is 17.9. The molecule has 4 fully saturated rings. The molecule has 4 saturated heterocycles. The third-order valence-electron chi connectivity index (χ3n) is 12.4. The number of anilines is 1. The van der Waals surface area contributed by atoms with Gasteiger partial charge in [0.25, 0.3) is 0 Å². The van der Waals surface area contributed by atoms with Crippen LogP contribution in [0.2, 0.25) is 0 Å². The molecule has 0 radical (unpaired) electrons. The van der Waals surface area contributed by atoms with Crippen LogP contribution >= 0.6 is 0 Å². The van der Waals surface area contributed by atoms with Crippen LogP contribution in [0, 0.1) is 17.6 Å². The topological polar surface area (TPSA) is 178 Å². The van der Waals surface area contributed by atoms with Gasteiger partial charge in [0.15, 0.2) is 0 Å². The Kier molecular flexibility index (Phi) is 12.7. The Morgan fingerprint density at radius 1 is 0.833 bits per heavy atom. The minimum absolute atomic E-state index is 0.0592. The third-order valence-corrected chi connectivity index (χ3v) is 12.4. The number of cyclic esters (lactones) is 1. The number of halogens is 2. The molecule has 0 spiro atoms. The van der Waals surface area contributed by atoms with E-state index in [4.69, 9.17) is 4.74 Å². The summed E-state index contributed by atoms with van der Waals surface area (Å²) in [6.07, 6.45) is 2.99. The van der Waals surface area contributed by atoms with Crippen LogP contribution in [0.5, 0.6) is 0 Å². The molecular formula is C43H53F2N7O8. The molecule has 0 saturated carbocycles. The van der Waals surface area contributed by atoms with E-state index < -0.39 is 95.9 Å². The van der Waals surface area contributed by atoms with E-state index in [2.05, 4.69) is 20.9 Å². The molecule has 7 rings (SSSR count). The largest absolute Gasteiger partial charge is 0.461 e. The summed E-state index contributed by atoms with van der Waals surface area (Å²) in [7, 11) is 1.98. The van der Waals surface area contributed by atoms with Crippen LogP contribution in [0.15, 0.2) is 36.4 Å². The molecule has 5 aliphatic rings. The minimum Gasteiger partial charge on any atom is -0.461 e. The number of hydrogen-bond donors (Lipinski definition) is 3. The average Bonchev–Trinajstić information content (AvgIpc) is 3.96. The number of nitrogens with zero attached hydrogens (tertiary/aromatic N) is 4. The number of carbonyl (C=O) groups is 7. The fourth-order valence-electron chi connectivity index (χ4n) is 9.32. The van der Waals surface area contributed by atoms with Gasteiger partial charge in [-0.2, -0.15) is 0 Å². The first-order valence-electron chi connectivity index (χ1n) is 20.9. The van der Waals surface area contributed by atoms with Crippen LogP contribution in [0.4, 0.5) is 14.5 Å². The van der Waals surface area contributed by atoms with E-state index in [1.165, 1.54) is 21.6 Å². The maximum Gasteiger partial charge on any atom is 0.328 e. The normalized spacial score (nSPS) is 26.8. The zero-order chi connectivity index (χ0) is 42.8. The van der Waals surface area contributed by atoms with Crippen LogP contribution in [0.3, 0.4) is 0 Å². The Morgan fingerprint density at radius 2 is 1.55 bits per heavy atom. The van der Waals surface area contributed by atoms with Gasteiger partial charge in [0, 0.05) is 51.4 Å². The van der Waals surface area contributed by atoms with E-state index >= 15 is 0 Å². The number of piperidine rings is 1. The Labute approximate surface area is 347 Å².